The zero-order chi connectivity index (χ0) is 21.0. The fourth-order valence-corrected chi connectivity index (χ4v) is 4.69. The molecule has 0 aliphatic carbocycles. The Kier molecular flexibility index (Phi) is 7.40. The monoisotopic (exact) mass is 435 g/mol. The topological polar surface area (TPSA) is 91.3 Å². The minimum absolute atomic E-state index is 0.00960. The van der Waals surface area contributed by atoms with Gasteiger partial charge in [0.2, 0.25) is 5.78 Å². The molecular formula is C21H26ClN3O3S. The molecule has 0 saturated carbocycles. The first kappa shape index (κ1) is 21.9. The van der Waals surface area contributed by atoms with Crippen LogP contribution in [0.2, 0.25) is 5.02 Å². The van der Waals surface area contributed by atoms with Crippen LogP contribution in [0.4, 0.5) is 0 Å². The maximum absolute atomic E-state index is 12.7. The molecule has 2 atom stereocenters. The Bertz CT molecular complexity index is 893. The molecule has 3 rings (SSSR count). The molecule has 1 aliphatic heterocycles. The molecule has 1 fully saturated rings. The second-order valence-electron chi connectivity index (χ2n) is 7.41. The lowest BCUT2D eigenvalue weighted by Gasteiger charge is -2.30. The highest BCUT2D eigenvalue weighted by Crippen LogP contribution is 2.29. The average Bonchev–Trinajstić information content (AvgIpc) is 3.09. The van der Waals surface area contributed by atoms with Crippen molar-refractivity contribution in [2.45, 2.75) is 58.2 Å². The summed E-state index contributed by atoms with van der Waals surface area (Å²) in [5.74, 6) is -1.11. The van der Waals surface area contributed by atoms with Crippen LogP contribution in [-0.2, 0) is 22.6 Å². The van der Waals surface area contributed by atoms with Crippen LogP contribution in [0.3, 0.4) is 0 Å². The number of Topliss-reactive ketones (excluding diaryl/α,β-unsaturated/α-hetero) is 1. The van der Waals surface area contributed by atoms with Crippen molar-refractivity contribution in [3.8, 4) is 0 Å². The van der Waals surface area contributed by atoms with Crippen LogP contribution in [0.5, 0.6) is 0 Å². The third-order valence-electron chi connectivity index (χ3n) is 5.20. The maximum Gasteiger partial charge on any atom is 0.288 e. The number of nitrogens with one attached hydrogen (secondary N) is 2. The van der Waals surface area contributed by atoms with Gasteiger partial charge >= 0.3 is 0 Å². The first-order chi connectivity index (χ1) is 13.9. The molecule has 1 aromatic heterocycles. The Morgan fingerprint density at radius 3 is 2.79 bits per heavy atom. The maximum atomic E-state index is 12.7. The van der Waals surface area contributed by atoms with Gasteiger partial charge in [0.15, 0.2) is 0 Å². The minimum Gasteiger partial charge on any atom is -0.391 e. The number of piperidine rings is 1. The average molecular weight is 436 g/mol. The van der Waals surface area contributed by atoms with Crippen LogP contribution in [0.1, 0.15) is 52.0 Å². The van der Waals surface area contributed by atoms with Crippen molar-refractivity contribution in [2.75, 3.05) is 6.54 Å². The van der Waals surface area contributed by atoms with Crippen molar-refractivity contribution < 1.29 is 14.7 Å². The van der Waals surface area contributed by atoms with Crippen molar-refractivity contribution in [1.29, 1.82) is 0 Å². The lowest BCUT2D eigenvalue weighted by atomic mass is 9.97. The van der Waals surface area contributed by atoms with E-state index in [1.54, 1.807) is 12.1 Å². The molecular weight excluding hydrogens is 410 g/mol. The van der Waals surface area contributed by atoms with Gasteiger partial charge in [-0.05, 0) is 50.4 Å². The number of rotatable bonds is 7. The number of aromatic nitrogens is 1. The van der Waals surface area contributed by atoms with Crippen molar-refractivity contribution in [1.82, 2.24) is 15.6 Å². The Hall–Kier alpha value is -1.80. The van der Waals surface area contributed by atoms with Gasteiger partial charge < -0.3 is 15.7 Å². The zero-order valence-electron chi connectivity index (χ0n) is 16.6. The number of benzene rings is 1. The van der Waals surface area contributed by atoms with Crippen LogP contribution in [0.15, 0.2) is 18.2 Å². The Morgan fingerprint density at radius 2 is 2.17 bits per heavy atom. The standard InChI is InChI=1S/C21H26ClN3O3S/c1-12-9-14(6-7-15(12)22)10-17(27)20(28)25-19(16-5-3-4-8-23-16)21-24-13(2)18(11-26)29-21/h6-7,9,16,19,23,26H,3-5,8,10-11H2,1-2H3,(H,25,28). The summed E-state index contributed by atoms with van der Waals surface area (Å²) < 4.78 is 0. The van der Waals surface area contributed by atoms with Crippen LogP contribution < -0.4 is 10.6 Å². The molecule has 0 bridgehead atoms. The summed E-state index contributed by atoms with van der Waals surface area (Å²) >= 11 is 7.42. The lowest BCUT2D eigenvalue weighted by Crippen LogP contribution is -2.47. The SMILES string of the molecule is Cc1cc(CC(=O)C(=O)NC(c2nc(C)c(CO)s2)C2CCCCN2)ccc1Cl. The van der Waals surface area contributed by atoms with E-state index in [2.05, 4.69) is 15.6 Å². The highest BCUT2D eigenvalue weighted by molar-refractivity contribution is 7.11. The van der Waals surface area contributed by atoms with Gasteiger partial charge in [0.1, 0.15) is 5.01 Å². The van der Waals surface area contributed by atoms with E-state index in [-0.39, 0.29) is 19.1 Å². The Morgan fingerprint density at radius 1 is 1.38 bits per heavy atom. The van der Waals surface area contributed by atoms with E-state index in [1.807, 2.05) is 19.9 Å². The predicted molar refractivity (Wildman–Crippen MR) is 114 cm³/mol. The smallest absolute Gasteiger partial charge is 0.288 e. The second kappa shape index (κ2) is 9.80. The molecule has 2 unspecified atom stereocenters. The van der Waals surface area contributed by atoms with E-state index in [0.29, 0.717) is 5.02 Å². The fourth-order valence-electron chi connectivity index (χ4n) is 3.53. The van der Waals surface area contributed by atoms with Crippen LogP contribution >= 0.6 is 22.9 Å². The van der Waals surface area contributed by atoms with Gasteiger partial charge in [-0.2, -0.15) is 0 Å². The predicted octanol–water partition coefficient (Wildman–Crippen LogP) is 3.02. The summed E-state index contributed by atoms with van der Waals surface area (Å²) in [4.78, 5) is 30.6. The van der Waals surface area contributed by atoms with Gasteiger partial charge in [0.25, 0.3) is 5.91 Å². The minimum atomic E-state index is -0.617. The Balaban J connectivity index is 1.75. The largest absolute Gasteiger partial charge is 0.391 e. The van der Waals surface area contributed by atoms with E-state index >= 15 is 0 Å². The fraction of sp³-hybridized carbons (Fsp3) is 0.476. The van der Waals surface area contributed by atoms with Gasteiger partial charge in [0.05, 0.1) is 23.2 Å². The molecule has 29 heavy (non-hydrogen) atoms. The summed E-state index contributed by atoms with van der Waals surface area (Å²) in [5.41, 5.74) is 2.38. The molecule has 0 spiro atoms. The summed E-state index contributed by atoms with van der Waals surface area (Å²) in [5, 5.41) is 17.2. The molecule has 1 aromatic carbocycles. The summed E-state index contributed by atoms with van der Waals surface area (Å²) in [6, 6.07) is 4.93. The molecule has 156 valence electrons. The van der Waals surface area contributed by atoms with Gasteiger partial charge in [-0.1, -0.05) is 30.2 Å². The van der Waals surface area contributed by atoms with Crippen LogP contribution in [0, 0.1) is 13.8 Å². The number of aryl methyl sites for hydroxylation is 2. The molecule has 2 heterocycles. The van der Waals surface area contributed by atoms with E-state index < -0.39 is 17.7 Å². The molecule has 3 N–H and O–H groups in total. The highest BCUT2D eigenvalue weighted by atomic mass is 35.5. The highest BCUT2D eigenvalue weighted by Gasteiger charge is 2.31. The van der Waals surface area contributed by atoms with Gasteiger partial charge in [-0.3, -0.25) is 9.59 Å². The molecule has 2 aromatic rings. The number of ketones is 1. The quantitative estimate of drug-likeness (QED) is 0.581. The van der Waals surface area contributed by atoms with Crippen LogP contribution in [-0.4, -0.2) is 34.4 Å². The number of hydrogen-bond donors (Lipinski definition) is 3. The first-order valence-corrected chi connectivity index (χ1v) is 11.0. The number of halogens is 1. The van der Waals surface area contributed by atoms with E-state index in [9.17, 15) is 14.7 Å². The van der Waals surface area contributed by atoms with Crippen molar-refractivity contribution in [2.24, 2.45) is 0 Å². The molecule has 1 aliphatic rings. The van der Waals surface area contributed by atoms with Crippen molar-refractivity contribution in [3.63, 3.8) is 0 Å². The normalized spacial score (nSPS) is 17.7. The van der Waals surface area contributed by atoms with E-state index in [0.717, 1.165) is 52.5 Å². The van der Waals surface area contributed by atoms with E-state index in [1.165, 1.54) is 11.3 Å². The number of aliphatic hydroxyl groups excluding tert-OH is 1. The number of amides is 1. The van der Waals surface area contributed by atoms with Crippen LogP contribution in [0.25, 0.3) is 0 Å². The third-order valence-corrected chi connectivity index (χ3v) is 6.85. The number of aliphatic hydroxyl groups is 1. The van der Waals surface area contributed by atoms with Gasteiger partial charge in [-0.25, -0.2) is 4.98 Å². The molecule has 0 radical (unpaired) electrons. The number of thiazole rings is 1. The number of carbonyl (C=O) groups excluding carboxylic acids is 2. The Labute approximate surface area is 179 Å². The number of nitrogens with zero attached hydrogens (tertiary/aromatic N) is 1. The van der Waals surface area contributed by atoms with Crippen molar-refractivity contribution >= 4 is 34.6 Å². The van der Waals surface area contributed by atoms with Gasteiger partial charge in [-0.15, -0.1) is 11.3 Å². The summed E-state index contributed by atoms with van der Waals surface area (Å²) in [6.07, 6.45) is 3.06. The van der Waals surface area contributed by atoms with E-state index in [4.69, 9.17) is 11.6 Å². The van der Waals surface area contributed by atoms with Crippen molar-refractivity contribution in [3.05, 3.63) is 49.9 Å². The zero-order valence-corrected chi connectivity index (χ0v) is 18.2. The molecule has 6 nitrogen and oxygen atoms in total. The molecule has 8 heteroatoms. The summed E-state index contributed by atoms with van der Waals surface area (Å²) in [7, 11) is 0. The van der Waals surface area contributed by atoms with Gasteiger partial charge in [0, 0.05) is 17.5 Å². The first-order valence-electron chi connectivity index (χ1n) is 9.78. The molecule has 1 amide bonds. The summed E-state index contributed by atoms with van der Waals surface area (Å²) in [6.45, 7) is 4.49. The molecule has 1 saturated heterocycles. The number of carbonyl (C=O) groups is 2. The number of hydrogen-bond acceptors (Lipinski definition) is 6. The third kappa shape index (κ3) is 5.42. The lowest BCUT2D eigenvalue weighted by molar-refractivity contribution is -0.138. The second-order valence-corrected chi connectivity index (χ2v) is 8.93.